The maximum Gasteiger partial charge on any atom is 0.326 e. The van der Waals surface area contributed by atoms with Crippen molar-refractivity contribution in [2.24, 2.45) is 5.73 Å². The van der Waals surface area contributed by atoms with Crippen molar-refractivity contribution in [1.29, 1.82) is 0 Å². The van der Waals surface area contributed by atoms with E-state index in [1.165, 1.54) is 0 Å². The van der Waals surface area contributed by atoms with E-state index in [2.05, 4.69) is 10.6 Å². The first-order valence-electron chi connectivity index (χ1n) is 6.74. The summed E-state index contributed by atoms with van der Waals surface area (Å²) in [5, 5.41) is 15.0. The maximum atomic E-state index is 11.8. The number of carbonyl (C=O) groups excluding carboxylic acids is 1. The van der Waals surface area contributed by atoms with Gasteiger partial charge in [-0.05, 0) is 44.0 Å². The number of aliphatic carboxylic acids is 1. The van der Waals surface area contributed by atoms with Crippen LogP contribution in [0.2, 0.25) is 5.02 Å². The van der Waals surface area contributed by atoms with Crippen LogP contribution in [0.15, 0.2) is 24.3 Å². The van der Waals surface area contributed by atoms with Crippen LogP contribution in [0, 0.1) is 0 Å². The van der Waals surface area contributed by atoms with E-state index in [-0.39, 0.29) is 12.5 Å². The zero-order valence-electron chi connectivity index (χ0n) is 11.6. The summed E-state index contributed by atoms with van der Waals surface area (Å²) in [6, 6.07) is 6.06. The van der Waals surface area contributed by atoms with Crippen molar-refractivity contribution in [3.8, 4) is 0 Å². The third-order valence-corrected chi connectivity index (χ3v) is 3.09. The normalized spacial score (nSPS) is 11.7. The molecule has 0 fully saturated rings. The Morgan fingerprint density at radius 3 is 2.71 bits per heavy atom. The van der Waals surface area contributed by atoms with Crippen LogP contribution in [0.25, 0.3) is 0 Å². The molecule has 0 radical (unpaired) electrons. The summed E-state index contributed by atoms with van der Waals surface area (Å²) < 4.78 is 0. The predicted molar refractivity (Wildman–Crippen MR) is 82.4 cm³/mol. The number of benzene rings is 1. The molecular weight excluding hydrogens is 294 g/mol. The highest BCUT2D eigenvalue weighted by molar-refractivity contribution is 6.30. The molecule has 0 bridgehead atoms. The lowest BCUT2D eigenvalue weighted by Gasteiger charge is -2.15. The molecule has 0 aliphatic rings. The molecule has 0 saturated carbocycles. The number of carboxylic acids is 1. The molecule has 1 rings (SSSR count). The number of carboxylic acid groups (broad SMARTS) is 1. The van der Waals surface area contributed by atoms with Crippen LogP contribution >= 0.6 is 11.6 Å². The van der Waals surface area contributed by atoms with E-state index in [0.29, 0.717) is 30.1 Å². The molecule has 0 aromatic heterocycles. The van der Waals surface area contributed by atoms with Gasteiger partial charge in [0, 0.05) is 10.7 Å². The fourth-order valence-electron chi connectivity index (χ4n) is 1.78. The molecule has 1 aromatic carbocycles. The van der Waals surface area contributed by atoms with Crippen LogP contribution in [0.3, 0.4) is 0 Å². The second-order valence-electron chi connectivity index (χ2n) is 4.61. The molecule has 1 amide bonds. The summed E-state index contributed by atoms with van der Waals surface area (Å²) >= 11 is 5.83. The number of hydrogen-bond donors (Lipinski definition) is 4. The lowest BCUT2D eigenvalue weighted by atomic mass is 10.1. The highest BCUT2D eigenvalue weighted by Gasteiger charge is 2.18. The quantitative estimate of drug-likeness (QED) is 0.517. The fraction of sp³-hybridized carbons (Fsp3) is 0.429. The molecule has 116 valence electrons. The first kappa shape index (κ1) is 17.3. The molecule has 1 aromatic rings. The summed E-state index contributed by atoms with van der Waals surface area (Å²) in [4.78, 5) is 22.8. The molecule has 0 saturated heterocycles. The van der Waals surface area contributed by atoms with Gasteiger partial charge in [-0.15, -0.1) is 0 Å². The molecule has 0 aliphatic carbocycles. The first-order chi connectivity index (χ1) is 10.0. The number of anilines is 1. The van der Waals surface area contributed by atoms with Crippen LogP contribution in [-0.2, 0) is 9.59 Å². The molecule has 6 nitrogen and oxygen atoms in total. The van der Waals surface area contributed by atoms with Crippen molar-refractivity contribution in [3.63, 3.8) is 0 Å². The summed E-state index contributed by atoms with van der Waals surface area (Å²) in [7, 11) is 0. The number of hydrogen-bond acceptors (Lipinski definition) is 4. The number of unbranched alkanes of at least 4 members (excludes halogenated alkanes) is 1. The molecular formula is C14H20ClN3O3. The van der Waals surface area contributed by atoms with Gasteiger partial charge in [0.15, 0.2) is 0 Å². The second-order valence-corrected chi connectivity index (χ2v) is 5.04. The van der Waals surface area contributed by atoms with Crippen LogP contribution in [-0.4, -0.2) is 36.1 Å². The number of nitrogens with one attached hydrogen (secondary N) is 2. The number of nitrogens with two attached hydrogens (primary N) is 1. The van der Waals surface area contributed by atoms with E-state index >= 15 is 0 Å². The van der Waals surface area contributed by atoms with Crippen molar-refractivity contribution in [3.05, 3.63) is 29.3 Å². The number of carbonyl (C=O) groups is 2. The molecule has 1 atom stereocenters. The highest BCUT2D eigenvalue weighted by atomic mass is 35.5. The number of rotatable bonds is 9. The Bertz CT molecular complexity index is 482. The van der Waals surface area contributed by atoms with Gasteiger partial charge in [-0.25, -0.2) is 4.79 Å². The molecule has 0 unspecified atom stereocenters. The monoisotopic (exact) mass is 313 g/mol. The molecule has 0 spiro atoms. The van der Waals surface area contributed by atoms with Crippen molar-refractivity contribution in [2.75, 3.05) is 18.4 Å². The van der Waals surface area contributed by atoms with Crippen molar-refractivity contribution < 1.29 is 14.7 Å². The topological polar surface area (TPSA) is 104 Å². The smallest absolute Gasteiger partial charge is 0.326 e. The third-order valence-electron chi connectivity index (χ3n) is 2.86. The van der Waals surface area contributed by atoms with Gasteiger partial charge >= 0.3 is 5.97 Å². The van der Waals surface area contributed by atoms with Crippen LogP contribution in [0.1, 0.15) is 19.3 Å². The van der Waals surface area contributed by atoms with Crippen molar-refractivity contribution in [1.82, 2.24) is 5.32 Å². The van der Waals surface area contributed by atoms with Gasteiger partial charge in [0.1, 0.15) is 6.04 Å². The standard InChI is InChI=1S/C14H20ClN3O3/c15-10-4-3-5-11(8-10)17-9-13(19)18-12(14(20)21)6-1-2-7-16/h3-5,8,12,17H,1-2,6-7,9,16H2,(H,18,19)(H,20,21)/t12-/m0/s1. The number of amides is 1. The predicted octanol–water partition coefficient (Wildman–Crippen LogP) is 1.45. The van der Waals surface area contributed by atoms with Gasteiger partial charge in [-0.2, -0.15) is 0 Å². The van der Waals surface area contributed by atoms with E-state index in [9.17, 15) is 9.59 Å². The van der Waals surface area contributed by atoms with Gasteiger partial charge in [0.25, 0.3) is 0 Å². The summed E-state index contributed by atoms with van der Waals surface area (Å²) in [6.45, 7) is 0.498. The Morgan fingerprint density at radius 1 is 1.33 bits per heavy atom. The minimum Gasteiger partial charge on any atom is -0.480 e. The zero-order chi connectivity index (χ0) is 15.7. The molecule has 0 aliphatic heterocycles. The third kappa shape index (κ3) is 6.97. The Morgan fingerprint density at radius 2 is 2.10 bits per heavy atom. The lowest BCUT2D eigenvalue weighted by molar-refractivity contribution is -0.141. The van der Waals surface area contributed by atoms with Gasteiger partial charge in [-0.1, -0.05) is 17.7 Å². The highest BCUT2D eigenvalue weighted by Crippen LogP contribution is 2.14. The van der Waals surface area contributed by atoms with Crippen LogP contribution in [0.4, 0.5) is 5.69 Å². The summed E-state index contributed by atoms with van der Waals surface area (Å²) in [6.07, 6.45) is 1.77. The van der Waals surface area contributed by atoms with Gasteiger partial charge in [-0.3, -0.25) is 4.79 Å². The van der Waals surface area contributed by atoms with E-state index < -0.39 is 12.0 Å². The van der Waals surface area contributed by atoms with E-state index in [0.717, 1.165) is 6.42 Å². The van der Waals surface area contributed by atoms with Gasteiger partial charge < -0.3 is 21.5 Å². The van der Waals surface area contributed by atoms with Gasteiger partial charge in [0.2, 0.25) is 5.91 Å². The Hall–Kier alpha value is -1.79. The number of halogens is 1. The van der Waals surface area contributed by atoms with Gasteiger partial charge in [0.05, 0.1) is 6.54 Å². The molecule has 0 heterocycles. The molecule has 21 heavy (non-hydrogen) atoms. The minimum atomic E-state index is -1.04. The van der Waals surface area contributed by atoms with E-state index in [4.69, 9.17) is 22.4 Å². The fourth-order valence-corrected chi connectivity index (χ4v) is 1.97. The maximum absolute atomic E-state index is 11.8. The Balaban J connectivity index is 2.41. The van der Waals surface area contributed by atoms with Crippen molar-refractivity contribution >= 4 is 29.2 Å². The summed E-state index contributed by atoms with van der Waals surface area (Å²) in [5.74, 6) is -1.42. The first-order valence-corrected chi connectivity index (χ1v) is 7.12. The SMILES string of the molecule is NCCCC[C@H](NC(=O)CNc1cccc(Cl)c1)C(=O)O. The largest absolute Gasteiger partial charge is 0.480 e. The zero-order valence-corrected chi connectivity index (χ0v) is 12.4. The Labute approximate surface area is 128 Å². The molecule has 7 heteroatoms. The van der Waals surface area contributed by atoms with E-state index in [1.807, 2.05) is 0 Å². The average Bonchev–Trinajstić information content (AvgIpc) is 2.44. The minimum absolute atomic E-state index is 0.0129. The molecule has 5 N–H and O–H groups in total. The second kappa shape index (κ2) is 9.20. The summed E-state index contributed by atoms with van der Waals surface area (Å²) in [5.41, 5.74) is 6.06. The van der Waals surface area contributed by atoms with Crippen LogP contribution in [0.5, 0.6) is 0 Å². The van der Waals surface area contributed by atoms with E-state index in [1.54, 1.807) is 24.3 Å². The van der Waals surface area contributed by atoms with Crippen molar-refractivity contribution in [2.45, 2.75) is 25.3 Å². The Kier molecular flexibility index (Phi) is 7.56. The van der Waals surface area contributed by atoms with Crippen LogP contribution < -0.4 is 16.4 Å². The lowest BCUT2D eigenvalue weighted by Crippen LogP contribution is -2.43. The average molecular weight is 314 g/mol.